The highest BCUT2D eigenvalue weighted by Gasteiger charge is 2.29. The Morgan fingerprint density at radius 2 is 1.93 bits per heavy atom. The predicted molar refractivity (Wildman–Crippen MR) is 112 cm³/mol. The van der Waals surface area contributed by atoms with Crippen LogP contribution in [0.4, 0.5) is 0 Å². The quantitative estimate of drug-likeness (QED) is 0.724. The third kappa shape index (κ3) is 5.75. The van der Waals surface area contributed by atoms with E-state index in [9.17, 15) is 13.2 Å². The van der Waals surface area contributed by atoms with Gasteiger partial charge in [-0.2, -0.15) is 15.6 Å². The lowest BCUT2D eigenvalue weighted by Crippen LogP contribution is -3.15. The number of rotatable bonds is 7. The van der Waals surface area contributed by atoms with Gasteiger partial charge in [0.1, 0.15) is 0 Å². The van der Waals surface area contributed by atoms with Gasteiger partial charge in [0, 0.05) is 19.0 Å². The maximum atomic E-state index is 12.5. The second-order valence-electron chi connectivity index (χ2n) is 6.97. The Bertz CT molecular complexity index is 888. The van der Waals surface area contributed by atoms with Crippen molar-refractivity contribution in [2.45, 2.75) is 6.54 Å². The minimum atomic E-state index is -3.44. The SMILES string of the molecule is CN(Cc1ccsc1)C(=O)C[NH+]1CCN(S(=O)(=O)/C=C/c2ccccc2)CC1. The number of hydrogen-bond donors (Lipinski definition) is 1. The summed E-state index contributed by atoms with van der Waals surface area (Å²) in [6.45, 7) is 3.14. The van der Waals surface area contributed by atoms with Crippen molar-refractivity contribution in [2.24, 2.45) is 0 Å². The van der Waals surface area contributed by atoms with Gasteiger partial charge < -0.3 is 9.80 Å². The Hall–Kier alpha value is -2.00. The van der Waals surface area contributed by atoms with E-state index in [2.05, 4.69) is 0 Å². The summed E-state index contributed by atoms with van der Waals surface area (Å²) < 4.78 is 26.6. The Morgan fingerprint density at radius 3 is 2.57 bits per heavy atom. The minimum Gasteiger partial charge on any atom is -0.337 e. The molecule has 150 valence electrons. The maximum Gasteiger partial charge on any atom is 0.277 e. The molecule has 0 unspecified atom stereocenters. The van der Waals surface area contributed by atoms with Crippen LogP contribution in [0.1, 0.15) is 11.1 Å². The largest absolute Gasteiger partial charge is 0.337 e. The normalized spacial score (nSPS) is 16.5. The van der Waals surface area contributed by atoms with Crippen LogP contribution in [0.2, 0.25) is 0 Å². The number of sulfonamides is 1. The molecule has 1 aromatic heterocycles. The molecule has 0 saturated carbocycles. The second kappa shape index (κ2) is 9.47. The van der Waals surface area contributed by atoms with Gasteiger partial charge in [0.2, 0.25) is 10.0 Å². The van der Waals surface area contributed by atoms with Gasteiger partial charge in [-0.05, 0) is 34.0 Å². The number of nitrogens with zero attached hydrogens (tertiary/aromatic N) is 2. The van der Waals surface area contributed by atoms with Gasteiger partial charge in [-0.25, -0.2) is 8.42 Å². The summed E-state index contributed by atoms with van der Waals surface area (Å²) in [6, 6.07) is 11.4. The average molecular weight is 421 g/mol. The first-order valence-corrected chi connectivity index (χ1v) is 11.7. The van der Waals surface area contributed by atoms with E-state index >= 15 is 0 Å². The van der Waals surface area contributed by atoms with E-state index in [0.717, 1.165) is 16.0 Å². The molecule has 1 fully saturated rings. The number of benzene rings is 1. The van der Waals surface area contributed by atoms with Crippen molar-refractivity contribution in [1.82, 2.24) is 9.21 Å². The Balaban J connectivity index is 1.48. The molecular formula is C20H26N3O3S2+. The van der Waals surface area contributed by atoms with Crippen molar-refractivity contribution >= 4 is 33.3 Å². The lowest BCUT2D eigenvalue weighted by molar-refractivity contribution is -0.895. The Labute approximate surface area is 170 Å². The second-order valence-corrected chi connectivity index (χ2v) is 9.56. The van der Waals surface area contributed by atoms with Crippen LogP contribution < -0.4 is 4.90 Å². The zero-order valence-electron chi connectivity index (χ0n) is 16.0. The molecule has 2 aromatic rings. The van der Waals surface area contributed by atoms with Crippen LogP contribution in [0.3, 0.4) is 0 Å². The smallest absolute Gasteiger partial charge is 0.277 e. The number of likely N-dealkylation sites (N-methyl/N-ethyl adjacent to an activating group) is 1. The van der Waals surface area contributed by atoms with E-state index in [0.29, 0.717) is 39.3 Å². The molecule has 8 heteroatoms. The fraction of sp³-hybridized carbons (Fsp3) is 0.350. The first-order chi connectivity index (χ1) is 13.4. The first-order valence-electron chi connectivity index (χ1n) is 9.26. The molecular weight excluding hydrogens is 394 g/mol. The highest BCUT2D eigenvalue weighted by atomic mass is 32.2. The number of carbonyl (C=O) groups excluding carboxylic acids is 1. The van der Waals surface area contributed by atoms with Crippen molar-refractivity contribution in [3.05, 3.63) is 63.7 Å². The number of thiophene rings is 1. The summed E-state index contributed by atoms with van der Waals surface area (Å²) in [5.74, 6) is 0.0847. The number of amides is 1. The number of hydrogen-bond acceptors (Lipinski definition) is 4. The molecule has 1 saturated heterocycles. The Morgan fingerprint density at radius 1 is 1.21 bits per heavy atom. The molecule has 3 rings (SSSR count). The van der Waals surface area contributed by atoms with E-state index in [1.54, 1.807) is 22.3 Å². The summed E-state index contributed by atoms with van der Waals surface area (Å²) in [5, 5.41) is 5.32. The van der Waals surface area contributed by atoms with Crippen LogP contribution in [0, 0.1) is 0 Å². The van der Waals surface area contributed by atoms with Crippen LogP contribution in [-0.4, -0.2) is 63.3 Å². The van der Waals surface area contributed by atoms with E-state index < -0.39 is 10.0 Å². The highest BCUT2D eigenvalue weighted by molar-refractivity contribution is 7.92. The van der Waals surface area contributed by atoms with E-state index in [1.807, 2.05) is 54.2 Å². The molecule has 0 bridgehead atoms. The van der Waals surface area contributed by atoms with Crippen molar-refractivity contribution in [3.8, 4) is 0 Å². The standard InChI is InChI=1S/C20H25N3O3S2/c1-21(15-19-7-13-27-17-19)20(24)16-22-9-11-23(12-10-22)28(25,26)14-8-18-5-3-2-4-6-18/h2-8,13-14,17H,9-12,15-16H2,1H3/p+1/b14-8+. The zero-order valence-corrected chi connectivity index (χ0v) is 17.6. The average Bonchev–Trinajstić information content (AvgIpc) is 3.21. The van der Waals surface area contributed by atoms with Crippen molar-refractivity contribution in [2.75, 3.05) is 39.8 Å². The molecule has 0 aliphatic carbocycles. The van der Waals surface area contributed by atoms with Gasteiger partial charge in [-0.1, -0.05) is 30.3 Å². The number of carbonyl (C=O) groups is 1. The van der Waals surface area contributed by atoms with E-state index in [4.69, 9.17) is 0 Å². The highest BCUT2D eigenvalue weighted by Crippen LogP contribution is 2.09. The van der Waals surface area contributed by atoms with Gasteiger partial charge in [0.05, 0.1) is 26.2 Å². The molecule has 1 N–H and O–H groups in total. The van der Waals surface area contributed by atoms with Crippen molar-refractivity contribution in [3.63, 3.8) is 0 Å². The van der Waals surface area contributed by atoms with E-state index in [-0.39, 0.29) is 5.91 Å². The molecule has 6 nitrogen and oxygen atoms in total. The lowest BCUT2D eigenvalue weighted by Gasteiger charge is -2.31. The lowest BCUT2D eigenvalue weighted by atomic mass is 10.2. The molecule has 0 radical (unpaired) electrons. The summed E-state index contributed by atoms with van der Waals surface area (Å²) in [4.78, 5) is 15.3. The third-order valence-corrected chi connectivity index (χ3v) is 7.15. The molecule has 0 atom stereocenters. The molecule has 1 aromatic carbocycles. The summed E-state index contributed by atoms with van der Waals surface area (Å²) in [5.41, 5.74) is 1.99. The van der Waals surface area contributed by atoms with Crippen LogP contribution in [0.25, 0.3) is 6.08 Å². The van der Waals surface area contributed by atoms with Crippen LogP contribution in [0.15, 0.2) is 52.6 Å². The van der Waals surface area contributed by atoms with Crippen LogP contribution in [-0.2, 0) is 21.4 Å². The number of quaternary nitrogens is 1. The maximum absolute atomic E-state index is 12.5. The minimum absolute atomic E-state index is 0.0847. The summed E-state index contributed by atoms with van der Waals surface area (Å²) in [7, 11) is -1.62. The number of piperazine rings is 1. The Kier molecular flexibility index (Phi) is 7.01. The zero-order chi connectivity index (χ0) is 20.0. The van der Waals surface area contributed by atoms with E-state index in [1.165, 1.54) is 9.71 Å². The van der Waals surface area contributed by atoms with Gasteiger partial charge >= 0.3 is 0 Å². The molecule has 0 spiro atoms. The first kappa shape index (κ1) is 20.7. The molecule has 28 heavy (non-hydrogen) atoms. The van der Waals surface area contributed by atoms with Gasteiger partial charge in [0.25, 0.3) is 5.91 Å². The summed E-state index contributed by atoms with van der Waals surface area (Å²) >= 11 is 1.62. The van der Waals surface area contributed by atoms with Crippen molar-refractivity contribution in [1.29, 1.82) is 0 Å². The monoisotopic (exact) mass is 420 g/mol. The molecule has 2 heterocycles. The topological polar surface area (TPSA) is 62.1 Å². The summed E-state index contributed by atoms with van der Waals surface area (Å²) in [6.07, 6.45) is 1.62. The fourth-order valence-electron chi connectivity index (χ4n) is 3.14. The van der Waals surface area contributed by atoms with Crippen LogP contribution >= 0.6 is 11.3 Å². The van der Waals surface area contributed by atoms with Crippen LogP contribution in [0.5, 0.6) is 0 Å². The van der Waals surface area contributed by atoms with Gasteiger partial charge in [-0.3, -0.25) is 4.79 Å². The van der Waals surface area contributed by atoms with Crippen molar-refractivity contribution < 1.29 is 18.1 Å². The van der Waals surface area contributed by atoms with Gasteiger partial charge in [-0.15, -0.1) is 0 Å². The molecule has 1 amide bonds. The predicted octanol–water partition coefficient (Wildman–Crippen LogP) is 0.908. The molecule has 1 aliphatic rings. The fourth-order valence-corrected chi connectivity index (χ4v) is 4.99. The van der Waals surface area contributed by atoms with Gasteiger partial charge in [0.15, 0.2) is 6.54 Å². The molecule has 1 aliphatic heterocycles. The number of nitrogens with one attached hydrogen (secondary N) is 1. The third-order valence-electron chi connectivity index (χ3n) is 4.85.